The first-order chi connectivity index (χ1) is 12.5. The molecule has 6 nitrogen and oxygen atoms in total. The second-order valence-corrected chi connectivity index (χ2v) is 6.36. The van der Waals surface area contributed by atoms with Gasteiger partial charge in [0.1, 0.15) is 5.75 Å². The van der Waals surface area contributed by atoms with Crippen molar-refractivity contribution in [1.82, 2.24) is 10.6 Å². The summed E-state index contributed by atoms with van der Waals surface area (Å²) in [7, 11) is 1.77. The fourth-order valence-corrected chi connectivity index (χ4v) is 2.75. The lowest BCUT2D eigenvalue weighted by Crippen LogP contribution is -2.26. The van der Waals surface area contributed by atoms with E-state index in [9.17, 15) is 5.11 Å². The third-order valence-electron chi connectivity index (χ3n) is 3.53. The number of phenols is 1. The number of phenolic OH excluding ortho intramolecular Hbond substituents is 1. The van der Waals surface area contributed by atoms with Crippen LogP contribution in [0.3, 0.4) is 0 Å². The van der Waals surface area contributed by atoms with Gasteiger partial charge in [0.05, 0.1) is 28.4 Å². The molecule has 1 aliphatic rings. The van der Waals surface area contributed by atoms with Crippen LogP contribution in [0.4, 0.5) is 5.69 Å². The highest BCUT2D eigenvalue weighted by atomic mass is 35.5. The van der Waals surface area contributed by atoms with Gasteiger partial charge in [-0.25, -0.2) is 0 Å². The Morgan fingerprint density at radius 2 is 1.88 bits per heavy atom. The summed E-state index contributed by atoms with van der Waals surface area (Å²) in [6, 6.07) is 12.0. The van der Waals surface area contributed by atoms with Gasteiger partial charge in [-0.05, 0) is 36.9 Å². The number of halogens is 2. The molecule has 0 saturated heterocycles. The number of aliphatic imine (C=N–C) groups is 1. The highest BCUT2D eigenvalue weighted by Crippen LogP contribution is 2.29. The van der Waals surface area contributed by atoms with Crippen LogP contribution in [0, 0.1) is 0 Å². The van der Waals surface area contributed by atoms with Gasteiger partial charge in [0.25, 0.3) is 0 Å². The van der Waals surface area contributed by atoms with E-state index in [0.717, 1.165) is 24.6 Å². The molecular formula is C18H22Cl2N4O2. The van der Waals surface area contributed by atoms with Gasteiger partial charge in [-0.1, -0.05) is 41.4 Å². The average molecular weight is 397 g/mol. The van der Waals surface area contributed by atoms with Gasteiger partial charge in [-0.3, -0.25) is 4.99 Å². The van der Waals surface area contributed by atoms with Crippen molar-refractivity contribution in [2.24, 2.45) is 4.99 Å². The van der Waals surface area contributed by atoms with Gasteiger partial charge >= 0.3 is 0 Å². The summed E-state index contributed by atoms with van der Waals surface area (Å²) in [5.41, 5.74) is 1.42. The van der Waals surface area contributed by atoms with E-state index in [-0.39, 0.29) is 5.75 Å². The van der Waals surface area contributed by atoms with Gasteiger partial charge in [0, 0.05) is 13.1 Å². The predicted octanol–water partition coefficient (Wildman–Crippen LogP) is 3.01. The van der Waals surface area contributed by atoms with Crippen molar-refractivity contribution >= 4 is 34.8 Å². The Labute approximate surface area is 162 Å². The number of aliphatic hydroxyl groups excluding tert-OH is 1. The Balaban J connectivity index is 0.000000190. The first kappa shape index (κ1) is 20.3. The van der Waals surface area contributed by atoms with Gasteiger partial charge in [-0.15, -0.1) is 0 Å². The van der Waals surface area contributed by atoms with Crippen molar-refractivity contribution < 1.29 is 10.2 Å². The van der Waals surface area contributed by atoms with Gasteiger partial charge in [0.15, 0.2) is 5.96 Å². The van der Waals surface area contributed by atoms with Crippen molar-refractivity contribution in [3.05, 3.63) is 58.1 Å². The van der Waals surface area contributed by atoms with Gasteiger partial charge in [0.2, 0.25) is 0 Å². The minimum atomic E-state index is -0.554. The van der Waals surface area contributed by atoms with Crippen LogP contribution in [0.5, 0.6) is 5.75 Å². The van der Waals surface area contributed by atoms with Crippen molar-refractivity contribution in [2.75, 3.05) is 32.0 Å². The second kappa shape index (κ2) is 10.2. The van der Waals surface area contributed by atoms with E-state index in [1.165, 1.54) is 0 Å². The number of hydrogen-bond donors (Lipinski definition) is 5. The van der Waals surface area contributed by atoms with E-state index in [2.05, 4.69) is 20.9 Å². The molecule has 2 aromatic carbocycles. The molecule has 1 aliphatic heterocycles. The van der Waals surface area contributed by atoms with Gasteiger partial charge in [-0.2, -0.15) is 0 Å². The smallest absolute Gasteiger partial charge is 0.196 e. The number of guanidine groups is 1. The first-order valence-corrected chi connectivity index (χ1v) is 8.87. The Bertz CT molecular complexity index is 735. The molecule has 3 rings (SSSR count). The monoisotopic (exact) mass is 396 g/mol. The van der Waals surface area contributed by atoms with Crippen LogP contribution in [-0.4, -0.2) is 42.9 Å². The zero-order valence-corrected chi connectivity index (χ0v) is 15.8. The van der Waals surface area contributed by atoms with E-state index in [0.29, 0.717) is 22.3 Å². The Kier molecular flexibility index (Phi) is 8.00. The summed E-state index contributed by atoms with van der Waals surface area (Å²) in [4.78, 5) is 4.19. The third kappa shape index (κ3) is 6.07. The Morgan fingerprint density at radius 1 is 1.19 bits per heavy atom. The molecule has 0 spiro atoms. The number of aromatic hydroxyl groups is 1. The molecule has 0 aromatic heterocycles. The summed E-state index contributed by atoms with van der Waals surface area (Å²) in [5.74, 6) is 0.905. The number of aliphatic hydroxyl groups is 1. The second-order valence-electron chi connectivity index (χ2n) is 5.55. The summed E-state index contributed by atoms with van der Waals surface area (Å²) < 4.78 is 0. The van der Waals surface area contributed by atoms with Crippen LogP contribution in [0.2, 0.25) is 10.0 Å². The number of likely N-dealkylation sites (N-methyl/N-ethyl adjacent to an activating group) is 1. The molecule has 1 atom stereocenters. The molecule has 1 heterocycles. The highest BCUT2D eigenvalue weighted by molar-refractivity contribution is 6.39. The molecule has 0 amide bonds. The maximum absolute atomic E-state index is 9.47. The van der Waals surface area contributed by atoms with Gasteiger partial charge < -0.3 is 26.2 Å². The lowest BCUT2D eigenvalue weighted by Gasteiger charge is -2.09. The van der Waals surface area contributed by atoms with Crippen LogP contribution in [0.15, 0.2) is 47.5 Å². The van der Waals surface area contributed by atoms with Crippen molar-refractivity contribution in [1.29, 1.82) is 0 Å². The molecule has 140 valence electrons. The topological polar surface area (TPSA) is 88.9 Å². The molecule has 8 heteroatoms. The molecule has 26 heavy (non-hydrogen) atoms. The number of nitrogens with zero attached hydrogens (tertiary/aromatic N) is 1. The molecule has 0 bridgehead atoms. The van der Waals surface area contributed by atoms with Crippen LogP contribution >= 0.6 is 23.2 Å². The average Bonchev–Trinajstić information content (AvgIpc) is 3.12. The molecule has 0 fully saturated rings. The lowest BCUT2D eigenvalue weighted by atomic mass is 10.1. The molecule has 0 aliphatic carbocycles. The Hall–Kier alpha value is -1.99. The number of hydrogen-bond acceptors (Lipinski definition) is 6. The molecule has 0 unspecified atom stereocenters. The highest BCUT2D eigenvalue weighted by Gasteiger charge is 2.10. The fourth-order valence-electron chi connectivity index (χ4n) is 2.26. The quantitative estimate of drug-likeness (QED) is 0.548. The van der Waals surface area contributed by atoms with Crippen molar-refractivity contribution in [3.63, 3.8) is 0 Å². The number of benzene rings is 2. The van der Waals surface area contributed by atoms with E-state index >= 15 is 0 Å². The largest absolute Gasteiger partial charge is 0.508 e. The number of para-hydroxylation sites is 1. The summed E-state index contributed by atoms with van der Waals surface area (Å²) in [6.45, 7) is 2.12. The van der Waals surface area contributed by atoms with Crippen LogP contribution in [0.25, 0.3) is 0 Å². The Morgan fingerprint density at radius 3 is 2.46 bits per heavy atom. The maximum atomic E-state index is 9.47. The normalized spacial score (nSPS) is 13.9. The molecule has 2 aromatic rings. The van der Waals surface area contributed by atoms with Crippen LogP contribution in [0.1, 0.15) is 11.7 Å². The number of nitrogens with one attached hydrogen (secondary N) is 3. The van der Waals surface area contributed by atoms with Crippen LogP contribution < -0.4 is 16.0 Å². The maximum Gasteiger partial charge on any atom is 0.196 e. The van der Waals surface area contributed by atoms with E-state index in [4.69, 9.17) is 28.3 Å². The van der Waals surface area contributed by atoms with E-state index in [1.807, 2.05) is 0 Å². The van der Waals surface area contributed by atoms with E-state index in [1.54, 1.807) is 49.5 Å². The summed E-state index contributed by atoms with van der Waals surface area (Å²) >= 11 is 12.0. The molecule has 0 saturated carbocycles. The minimum Gasteiger partial charge on any atom is -0.508 e. The zero-order chi connectivity index (χ0) is 18.9. The fraction of sp³-hybridized carbons (Fsp3) is 0.278. The number of anilines is 1. The van der Waals surface area contributed by atoms with E-state index < -0.39 is 6.10 Å². The SMILES string of the molecule is CNC[C@H](O)c1cccc(O)c1.Clc1cccc(Cl)c1NC1=NCCN1. The lowest BCUT2D eigenvalue weighted by molar-refractivity contribution is 0.177. The molecular weight excluding hydrogens is 375 g/mol. The van der Waals surface area contributed by atoms with Crippen molar-refractivity contribution in [3.8, 4) is 5.75 Å². The minimum absolute atomic E-state index is 0.183. The molecule has 0 radical (unpaired) electrons. The summed E-state index contributed by atoms with van der Waals surface area (Å²) in [5, 5.41) is 28.7. The van der Waals surface area contributed by atoms with Crippen LogP contribution in [-0.2, 0) is 0 Å². The third-order valence-corrected chi connectivity index (χ3v) is 4.16. The molecule has 5 N–H and O–H groups in total. The predicted molar refractivity (Wildman–Crippen MR) is 107 cm³/mol. The number of rotatable bonds is 4. The van der Waals surface area contributed by atoms with Crippen molar-refractivity contribution in [2.45, 2.75) is 6.10 Å². The summed E-state index contributed by atoms with van der Waals surface area (Å²) in [6.07, 6.45) is -0.554. The first-order valence-electron chi connectivity index (χ1n) is 8.12. The zero-order valence-electron chi connectivity index (χ0n) is 14.3. The standard InChI is InChI=1S/C9H9Cl2N3.C9H13NO2/c10-6-2-1-3-7(11)8(6)14-9-12-4-5-13-9;1-10-6-9(12)7-3-2-4-8(11)5-7/h1-3H,4-5H2,(H2,12,13,14);2-5,9-12H,6H2,1H3/t;9-/m.0/s1.